The number of rotatable bonds is 6. The Balaban J connectivity index is 0. The normalized spacial score (nSPS) is 11.1. The van der Waals surface area contributed by atoms with Crippen molar-refractivity contribution in [3.8, 4) is 0 Å². The minimum Gasteiger partial charge on any atom is -1.00 e. The summed E-state index contributed by atoms with van der Waals surface area (Å²) in [6.45, 7) is 12.2. The third-order valence-electron chi connectivity index (χ3n) is 2.39. The maximum atomic E-state index is 6.14. The monoisotopic (exact) mass is 310 g/mol. The van der Waals surface area contributed by atoms with Crippen molar-refractivity contribution < 1.29 is 21.3 Å². The molecule has 2 nitrogen and oxygen atoms in total. The molecule has 0 unspecified atom stereocenters. The molecule has 19 heavy (non-hydrogen) atoms. The maximum absolute atomic E-state index is 6.14. The molecular weight excluding hydrogens is 288 g/mol. The molecule has 0 saturated heterocycles. The van der Waals surface area contributed by atoms with Crippen LogP contribution >= 0.6 is 0 Å². The summed E-state index contributed by atoms with van der Waals surface area (Å²) in [5.41, 5.74) is 0. The molecule has 1 rings (SSSR count). The summed E-state index contributed by atoms with van der Waals surface area (Å²) in [4.78, 5) is 0. The second-order valence-electron chi connectivity index (χ2n) is 4.70. The molecule has 0 aliphatic rings. The topological polar surface area (TPSA) is 18.5 Å². The molecule has 0 saturated carbocycles. The second-order valence-corrected chi connectivity index (χ2v) is 7.76. The van der Waals surface area contributed by atoms with Crippen LogP contribution in [0.5, 0.6) is 0 Å². The van der Waals surface area contributed by atoms with Crippen LogP contribution in [-0.4, -0.2) is 43.8 Å². The molecular formula is C14H23ClMgO2Si. The first-order chi connectivity index (χ1) is 8.00. The summed E-state index contributed by atoms with van der Waals surface area (Å²) in [7, 11) is -2.38. The molecule has 0 atom stereocenters. The van der Waals surface area contributed by atoms with Crippen molar-refractivity contribution in [1.29, 1.82) is 0 Å². The molecule has 0 aromatic heterocycles. The smallest absolute Gasteiger partial charge is 1.00 e. The van der Waals surface area contributed by atoms with Crippen LogP contribution in [0, 0.1) is 6.92 Å². The summed E-state index contributed by atoms with van der Waals surface area (Å²) in [5, 5.41) is 1.16. The van der Waals surface area contributed by atoms with Gasteiger partial charge in [-0.25, -0.2) is 0 Å². The number of halogens is 1. The average molecular weight is 311 g/mol. The van der Waals surface area contributed by atoms with Crippen LogP contribution in [0.25, 0.3) is 0 Å². The Labute approximate surface area is 141 Å². The van der Waals surface area contributed by atoms with Crippen molar-refractivity contribution >= 4 is 36.8 Å². The van der Waals surface area contributed by atoms with Gasteiger partial charge in [0, 0.05) is 12.2 Å². The Morgan fingerprint density at radius 3 is 1.74 bits per heavy atom. The van der Waals surface area contributed by atoms with Crippen molar-refractivity contribution in [2.75, 3.05) is 0 Å². The van der Waals surface area contributed by atoms with E-state index in [1.807, 2.05) is 45.9 Å². The molecule has 0 aliphatic heterocycles. The van der Waals surface area contributed by atoms with Crippen molar-refractivity contribution in [3.63, 3.8) is 0 Å². The summed E-state index contributed by atoms with van der Waals surface area (Å²) in [6.07, 6.45) is 0.310. The zero-order chi connectivity index (χ0) is 12.9. The van der Waals surface area contributed by atoms with E-state index in [-0.39, 0.29) is 47.7 Å². The van der Waals surface area contributed by atoms with Crippen LogP contribution in [-0.2, 0) is 8.85 Å². The number of hydrogen-bond acceptors (Lipinski definition) is 2. The molecule has 0 spiro atoms. The van der Waals surface area contributed by atoms with Crippen molar-refractivity contribution in [2.24, 2.45) is 0 Å². The van der Waals surface area contributed by atoms with Gasteiger partial charge >= 0.3 is 31.6 Å². The average Bonchev–Trinajstić information content (AvgIpc) is 2.28. The zero-order valence-electron chi connectivity index (χ0n) is 12.4. The molecule has 0 fully saturated rings. The zero-order valence-corrected chi connectivity index (χ0v) is 15.5. The van der Waals surface area contributed by atoms with Crippen LogP contribution in [0.4, 0.5) is 0 Å². The van der Waals surface area contributed by atoms with Crippen molar-refractivity contribution in [2.45, 2.75) is 45.9 Å². The number of benzene rings is 1. The molecule has 104 valence electrons. The fourth-order valence-electron chi connectivity index (χ4n) is 1.88. The first kappa shape index (κ1) is 21.7. The maximum Gasteiger partial charge on any atom is 2.00 e. The molecule has 5 heteroatoms. The third-order valence-corrected chi connectivity index (χ3v) is 5.97. The van der Waals surface area contributed by atoms with Gasteiger partial charge in [-0.15, -0.1) is 6.04 Å². The van der Waals surface area contributed by atoms with Crippen LogP contribution in [0.2, 0.25) is 6.04 Å². The van der Waals surface area contributed by atoms with Gasteiger partial charge in [-0.2, -0.15) is 0 Å². The quantitative estimate of drug-likeness (QED) is 0.528. The molecule has 0 amide bonds. The standard InChI is InChI=1S/C14H23O2Si.ClH.Mg/c1-6-17(15-12(2)3,16-13(4)5)14-10-8-7-9-11-14;;/h7-13H,1,6H2,2-5H3;1H;/q-1;;+2/p-1. The Bertz CT molecular complexity index is 323. The van der Waals surface area contributed by atoms with E-state index >= 15 is 0 Å². The first-order valence-electron chi connectivity index (χ1n) is 6.20. The van der Waals surface area contributed by atoms with Gasteiger partial charge in [-0.1, -0.05) is 30.3 Å². The third kappa shape index (κ3) is 6.60. The van der Waals surface area contributed by atoms with E-state index in [9.17, 15) is 0 Å². The summed E-state index contributed by atoms with van der Waals surface area (Å²) in [5.74, 6) is 0. The Morgan fingerprint density at radius 2 is 1.42 bits per heavy atom. The Kier molecular flexibility index (Phi) is 11.6. The van der Waals surface area contributed by atoms with E-state index in [4.69, 9.17) is 8.85 Å². The summed E-state index contributed by atoms with van der Waals surface area (Å²) < 4.78 is 12.3. The minimum atomic E-state index is -2.38. The SMILES string of the molecule is [CH2-]C[Si](OC(C)C)(OC(C)C)c1ccccc1.[Cl-].[Mg+2]. The van der Waals surface area contributed by atoms with Gasteiger partial charge in [0.25, 0.3) is 0 Å². The first-order valence-corrected chi connectivity index (χ1v) is 8.23. The molecule has 0 aliphatic carbocycles. The van der Waals surface area contributed by atoms with E-state index in [0.717, 1.165) is 5.19 Å². The van der Waals surface area contributed by atoms with Crippen molar-refractivity contribution in [3.05, 3.63) is 37.3 Å². The van der Waals surface area contributed by atoms with Crippen LogP contribution in [0.1, 0.15) is 27.7 Å². The minimum absolute atomic E-state index is 0. The molecule has 0 radical (unpaired) electrons. The summed E-state index contributed by atoms with van der Waals surface area (Å²) in [6, 6.07) is 10.9. The van der Waals surface area contributed by atoms with Gasteiger partial charge in [0.15, 0.2) is 0 Å². The second kappa shape index (κ2) is 10.2. The fraction of sp³-hybridized carbons (Fsp3) is 0.500. The van der Waals surface area contributed by atoms with E-state index in [0.29, 0.717) is 6.04 Å². The van der Waals surface area contributed by atoms with Gasteiger partial charge < -0.3 is 28.2 Å². The molecule has 0 N–H and O–H groups in total. The molecule has 1 aromatic rings. The molecule has 0 heterocycles. The predicted octanol–water partition coefficient (Wildman–Crippen LogP) is -0.357. The summed E-state index contributed by atoms with van der Waals surface area (Å²) >= 11 is 0. The van der Waals surface area contributed by atoms with E-state index in [2.05, 4.69) is 19.1 Å². The number of hydrogen-bond donors (Lipinski definition) is 0. The predicted molar refractivity (Wildman–Crippen MR) is 80.2 cm³/mol. The Morgan fingerprint density at radius 1 is 1.00 bits per heavy atom. The molecule has 1 aromatic carbocycles. The van der Waals surface area contributed by atoms with Crippen LogP contribution in [0.3, 0.4) is 0 Å². The van der Waals surface area contributed by atoms with Crippen molar-refractivity contribution in [1.82, 2.24) is 0 Å². The van der Waals surface area contributed by atoms with Gasteiger partial charge in [-0.3, -0.25) is 0 Å². The largest absolute Gasteiger partial charge is 2.00 e. The van der Waals surface area contributed by atoms with Gasteiger partial charge in [0.2, 0.25) is 0 Å². The molecule has 0 bridgehead atoms. The van der Waals surface area contributed by atoms with E-state index in [1.54, 1.807) is 0 Å². The van der Waals surface area contributed by atoms with Crippen LogP contribution in [0.15, 0.2) is 30.3 Å². The van der Waals surface area contributed by atoms with E-state index < -0.39 is 8.56 Å². The van der Waals surface area contributed by atoms with Gasteiger partial charge in [0.1, 0.15) is 0 Å². The van der Waals surface area contributed by atoms with Crippen LogP contribution < -0.4 is 17.6 Å². The van der Waals surface area contributed by atoms with Gasteiger partial charge in [-0.05, 0) is 32.9 Å². The van der Waals surface area contributed by atoms with E-state index in [1.165, 1.54) is 0 Å². The Hall–Kier alpha value is 0.413. The van der Waals surface area contributed by atoms with Gasteiger partial charge in [0.05, 0.1) is 0 Å². The fourth-order valence-corrected chi connectivity index (χ4v) is 4.96.